The van der Waals surface area contributed by atoms with Gasteiger partial charge in [0.15, 0.2) is 11.5 Å². The fourth-order valence-corrected chi connectivity index (χ4v) is 2.82. The standard InChI is InChI=1S/C20H18ClN3O3/c1-12-5-4-6-13-9-15(19(21)23-18(12)13)11-22-24-20(25)14-7-8-16(26-2)17(10-14)27-3/h4-11H,1-3H3,(H,24,25)/b22-11-. The van der Waals surface area contributed by atoms with E-state index in [1.165, 1.54) is 20.4 Å². The van der Waals surface area contributed by atoms with Crippen molar-refractivity contribution in [3.05, 3.63) is 64.3 Å². The number of halogens is 1. The number of amides is 1. The Morgan fingerprint density at radius 1 is 1.15 bits per heavy atom. The van der Waals surface area contributed by atoms with Crippen LogP contribution in [0.4, 0.5) is 0 Å². The lowest BCUT2D eigenvalue weighted by Gasteiger charge is -2.08. The number of hydrogen-bond donors (Lipinski definition) is 1. The highest BCUT2D eigenvalue weighted by Crippen LogP contribution is 2.27. The second-order valence-electron chi connectivity index (χ2n) is 5.78. The highest BCUT2D eigenvalue weighted by Gasteiger charge is 2.10. The van der Waals surface area contributed by atoms with Crippen molar-refractivity contribution in [2.45, 2.75) is 6.92 Å². The number of hydrogen-bond acceptors (Lipinski definition) is 5. The number of carbonyl (C=O) groups excluding carboxylic acids is 1. The number of carbonyl (C=O) groups is 1. The number of aromatic nitrogens is 1. The van der Waals surface area contributed by atoms with Crippen LogP contribution >= 0.6 is 11.6 Å². The zero-order valence-corrected chi connectivity index (χ0v) is 15.9. The van der Waals surface area contributed by atoms with Crippen molar-refractivity contribution in [1.29, 1.82) is 0 Å². The van der Waals surface area contributed by atoms with Crippen molar-refractivity contribution < 1.29 is 14.3 Å². The molecule has 0 saturated heterocycles. The van der Waals surface area contributed by atoms with E-state index in [0.29, 0.717) is 27.8 Å². The summed E-state index contributed by atoms with van der Waals surface area (Å²) in [7, 11) is 3.04. The van der Waals surface area contributed by atoms with Gasteiger partial charge in [0.2, 0.25) is 0 Å². The van der Waals surface area contributed by atoms with Gasteiger partial charge in [0.25, 0.3) is 5.91 Å². The summed E-state index contributed by atoms with van der Waals surface area (Å²) < 4.78 is 10.4. The Morgan fingerprint density at radius 3 is 2.67 bits per heavy atom. The molecule has 0 fully saturated rings. The largest absolute Gasteiger partial charge is 0.493 e. The molecule has 0 unspecified atom stereocenters. The van der Waals surface area contributed by atoms with Crippen molar-refractivity contribution in [1.82, 2.24) is 10.4 Å². The molecule has 1 amide bonds. The average Bonchev–Trinajstić information content (AvgIpc) is 2.68. The minimum Gasteiger partial charge on any atom is -0.493 e. The van der Waals surface area contributed by atoms with Gasteiger partial charge in [-0.3, -0.25) is 4.79 Å². The first kappa shape index (κ1) is 18.7. The van der Waals surface area contributed by atoms with Crippen LogP contribution in [-0.4, -0.2) is 31.3 Å². The maximum absolute atomic E-state index is 12.3. The predicted molar refractivity (Wildman–Crippen MR) is 106 cm³/mol. The van der Waals surface area contributed by atoms with E-state index < -0.39 is 0 Å². The van der Waals surface area contributed by atoms with Crippen molar-refractivity contribution >= 4 is 34.6 Å². The van der Waals surface area contributed by atoms with Crippen LogP contribution in [-0.2, 0) is 0 Å². The number of nitrogens with one attached hydrogen (secondary N) is 1. The van der Waals surface area contributed by atoms with Gasteiger partial charge in [0.05, 0.1) is 26.0 Å². The molecular weight excluding hydrogens is 366 g/mol. The molecule has 0 aliphatic rings. The molecule has 2 aromatic carbocycles. The lowest BCUT2D eigenvalue weighted by molar-refractivity contribution is 0.0954. The van der Waals surface area contributed by atoms with Gasteiger partial charge < -0.3 is 9.47 Å². The molecular formula is C20H18ClN3O3. The summed E-state index contributed by atoms with van der Waals surface area (Å²) in [6, 6.07) is 12.6. The molecule has 0 saturated carbocycles. The molecule has 0 radical (unpaired) electrons. The lowest BCUT2D eigenvalue weighted by Crippen LogP contribution is -2.17. The third-order valence-electron chi connectivity index (χ3n) is 4.04. The van der Waals surface area contributed by atoms with Gasteiger partial charge in [-0.15, -0.1) is 0 Å². The van der Waals surface area contributed by atoms with Gasteiger partial charge in [0, 0.05) is 16.5 Å². The number of hydrazone groups is 1. The molecule has 0 bridgehead atoms. The van der Waals surface area contributed by atoms with Crippen LogP contribution in [0.1, 0.15) is 21.5 Å². The van der Waals surface area contributed by atoms with Crippen molar-refractivity contribution in [2.75, 3.05) is 14.2 Å². The Hall–Kier alpha value is -3.12. The molecule has 1 heterocycles. The Balaban J connectivity index is 1.78. The van der Waals surface area contributed by atoms with E-state index in [2.05, 4.69) is 15.5 Å². The first-order valence-corrected chi connectivity index (χ1v) is 8.52. The van der Waals surface area contributed by atoms with Crippen molar-refractivity contribution in [2.24, 2.45) is 5.10 Å². The number of aryl methyl sites for hydroxylation is 1. The summed E-state index contributed by atoms with van der Waals surface area (Å²) in [6.45, 7) is 1.97. The maximum Gasteiger partial charge on any atom is 0.271 e. The molecule has 138 valence electrons. The molecule has 0 atom stereocenters. The first-order valence-electron chi connectivity index (χ1n) is 8.14. The number of methoxy groups -OCH3 is 2. The quantitative estimate of drug-likeness (QED) is 0.411. The molecule has 3 rings (SSSR count). The smallest absolute Gasteiger partial charge is 0.271 e. The third-order valence-corrected chi connectivity index (χ3v) is 4.35. The Kier molecular flexibility index (Phi) is 5.57. The predicted octanol–water partition coefficient (Wildman–Crippen LogP) is 3.98. The molecule has 0 aliphatic heterocycles. The Labute approximate surface area is 161 Å². The van der Waals surface area contributed by atoms with Gasteiger partial charge in [-0.05, 0) is 36.8 Å². The van der Waals surface area contributed by atoms with Crippen LogP contribution in [0.5, 0.6) is 11.5 Å². The third kappa shape index (κ3) is 4.01. The normalized spacial score (nSPS) is 11.0. The number of nitrogens with zero attached hydrogens (tertiary/aromatic N) is 2. The maximum atomic E-state index is 12.3. The second kappa shape index (κ2) is 8.05. The Bertz CT molecular complexity index is 1030. The topological polar surface area (TPSA) is 72.8 Å². The molecule has 6 nitrogen and oxygen atoms in total. The van der Waals surface area contributed by atoms with Gasteiger partial charge in [-0.1, -0.05) is 29.8 Å². The number of fused-ring (bicyclic) bond motifs is 1. The van der Waals surface area contributed by atoms with Crippen LogP contribution in [0.3, 0.4) is 0 Å². The highest BCUT2D eigenvalue weighted by atomic mass is 35.5. The number of ether oxygens (including phenoxy) is 2. The second-order valence-corrected chi connectivity index (χ2v) is 6.14. The summed E-state index contributed by atoms with van der Waals surface area (Å²) in [4.78, 5) is 16.7. The van der Waals surface area contributed by atoms with Crippen molar-refractivity contribution in [3.63, 3.8) is 0 Å². The van der Waals surface area contributed by atoms with Crippen LogP contribution in [0, 0.1) is 6.92 Å². The summed E-state index contributed by atoms with van der Waals surface area (Å²) in [5.41, 5.74) is 5.36. The van der Waals surface area contributed by atoms with E-state index in [9.17, 15) is 4.79 Å². The number of para-hydroxylation sites is 1. The summed E-state index contributed by atoms with van der Waals surface area (Å²) in [6.07, 6.45) is 1.47. The molecule has 27 heavy (non-hydrogen) atoms. The first-order chi connectivity index (χ1) is 13.0. The van der Waals surface area contributed by atoms with E-state index in [-0.39, 0.29) is 5.91 Å². The molecule has 1 aromatic heterocycles. The van der Waals surface area contributed by atoms with E-state index in [1.54, 1.807) is 18.2 Å². The summed E-state index contributed by atoms with van der Waals surface area (Å²) >= 11 is 6.23. The molecule has 1 N–H and O–H groups in total. The van der Waals surface area contributed by atoms with Gasteiger partial charge >= 0.3 is 0 Å². The number of pyridine rings is 1. The minimum atomic E-state index is -0.382. The zero-order valence-electron chi connectivity index (χ0n) is 15.1. The van der Waals surface area contributed by atoms with Crippen LogP contribution in [0.2, 0.25) is 5.15 Å². The molecule has 3 aromatic rings. The summed E-state index contributed by atoms with van der Waals surface area (Å²) in [5.74, 6) is 0.626. The monoisotopic (exact) mass is 383 g/mol. The number of rotatable bonds is 5. The zero-order chi connectivity index (χ0) is 19.4. The van der Waals surface area contributed by atoms with Gasteiger partial charge in [0.1, 0.15) is 5.15 Å². The van der Waals surface area contributed by atoms with Gasteiger partial charge in [-0.25, -0.2) is 10.4 Å². The van der Waals surface area contributed by atoms with Crippen LogP contribution in [0.25, 0.3) is 10.9 Å². The SMILES string of the molecule is COc1ccc(C(=O)N/N=C\c2cc3cccc(C)c3nc2Cl)cc1OC. The fourth-order valence-electron chi connectivity index (χ4n) is 2.63. The van der Waals surface area contributed by atoms with E-state index >= 15 is 0 Å². The van der Waals surface area contributed by atoms with Gasteiger partial charge in [-0.2, -0.15) is 5.10 Å². The van der Waals surface area contributed by atoms with E-state index in [0.717, 1.165) is 16.5 Å². The lowest BCUT2D eigenvalue weighted by atomic mass is 10.1. The molecule has 0 spiro atoms. The van der Waals surface area contributed by atoms with E-state index in [4.69, 9.17) is 21.1 Å². The molecule has 0 aliphatic carbocycles. The number of benzene rings is 2. The minimum absolute atomic E-state index is 0.320. The average molecular weight is 384 g/mol. The molecule has 7 heteroatoms. The van der Waals surface area contributed by atoms with Crippen LogP contribution in [0.15, 0.2) is 47.6 Å². The highest BCUT2D eigenvalue weighted by molar-refractivity contribution is 6.32. The van der Waals surface area contributed by atoms with E-state index in [1.807, 2.05) is 31.2 Å². The van der Waals surface area contributed by atoms with Crippen molar-refractivity contribution in [3.8, 4) is 11.5 Å². The fraction of sp³-hybridized carbons (Fsp3) is 0.150. The Morgan fingerprint density at radius 2 is 1.93 bits per heavy atom. The summed E-state index contributed by atoms with van der Waals surface area (Å²) in [5, 5.41) is 5.26. The van der Waals surface area contributed by atoms with Crippen LogP contribution < -0.4 is 14.9 Å².